The highest BCUT2D eigenvalue weighted by atomic mass is 16.5. The van der Waals surface area contributed by atoms with Crippen LogP contribution in [0.5, 0.6) is 0 Å². The van der Waals surface area contributed by atoms with E-state index in [1.165, 1.54) is 71.1 Å². The van der Waals surface area contributed by atoms with E-state index in [0.717, 1.165) is 12.8 Å². The van der Waals surface area contributed by atoms with Gasteiger partial charge in [-0.2, -0.15) is 0 Å². The molecule has 0 heterocycles. The van der Waals surface area contributed by atoms with Crippen molar-refractivity contribution >= 4 is 5.97 Å². The van der Waals surface area contributed by atoms with E-state index >= 15 is 0 Å². The lowest BCUT2D eigenvalue weighted by Crippen LogP contribution is -2.12. The molecule has 1 radical (unpaired) electrons. The largest absolute Gasteiger partial charge is 0.463 e. The van der Waals surface area contributed by atoms with Crippen molar-refractivity contribution in [3.63, 3.8) is 0 Å². The summed E-state index contributed by atoms with van der Waals surface area (Å²) < 4.78 is 4.99. The number of carbonyl (C=O) groups is 1. The number of ether oxygens (including phenoxy) is 1. The van der Waals surface area contributed by atoms with Gasteiger partial charge in [-0.15, -0.1) is 0 Å². The molecule has 0 aliphatic rings. The van der Waals surface area contributed by atoms with E-state index in [2.05, 4.69) is 13.8 Å². The zero-order valence-electron chi connectivity index (χ0n) is 13.1. The van der Waals surface area contributed by atoms with Crippen LogP contribution in [0.1, 0.15) is 90.9 Å². The highest BCUT2D eigenvalue weighted by Crippen LogP contribution is 2.13. The highest BCUT2D eigenvalue weighted by molar-refractivity contribution is 5.66. The molecular weight excluding hydrogens is 236 g/mol. The van der Waals surface area contributed by atoms with Gasteiger partial charge in [-0.3, -0.25) is 4.79 Å². The summed E-state index contributed by atoms with van der Waals surface area (Å²) in [7, 11) is 0. The number of hydrogen-bond acceptors (Lipinski definition) is 2. The Bertz CT molecular complexity index is 201. The molecule has 0 N–H and O–H groups in total. The summed E-state index contributed by atoms with van der Waals surface area (Å²) in [5.74, 6) is -0.219. The lowest BCUT2D eigenvalue weighted by Gasteiger charge is -2.10. The molecule has 0 fully saturated rings. The maximum absolute atomic E-state index is 10.7. The van der Waals surface area contributed by atoms with Gasteiger partial charge in [-0.1, -0.05) is 71.1 Å². The fourth-order valence-electron chi connectivity index (χ4n) is 2.33. The Morgan fingerprint density at radius 1 is 0.895 bits per heavy atom. The third kappa shape index (κ3) is 15.4. The van der Waals surface area contributed by atoms with E-state index in [-0.39, 0.29) is 12.1 Å². The smallest absolute Gasteiger partial charge is 0.302 e. The second kappa shape index (κ2) is 13.9. The summed E-state index contributed by atoms with van der Waals surface area (Å²) in [6.07, 6.45) is 15.5. The van der Waals surface area contributed by atoms with Crippen molar-refractivity contribution in [2.24, 2.45) is 0 Å². The fraction of sp³-hybridized carbons (Fsp3) is 0.882. The molecule has 0 saturated carbocycles. The molecule has 0 aliphatic carbocycles. The van der Waals surface area contributed by atoms with Crippen LogP contribution in [0.2, 0.25) is 0 Å². The summed E-state index contributed by atoms with van der Waals surface area (Å²) in [5, 5.41) is 0. The minimum absolute atomic E-state index is 0.156. The van der Waals surface area contributed by atoms with Crippen LogP contribution >= 0.6 is 0 Å². The zero-order chi connectivity index (χ0) is 14.3. The van der Waals surface area contributed by atoms with Gasteiger partial charge in [0.25, 0.3) is 0 Å². The molecule has 0 saturated heterocycles. The lowest BCUT2D eigenvalue weighted by atomic mass is 10.0. The number of rotatable bonds is 13. The van der Waals surface area contributed by atoms with Gasteiger partial charge in [-0.05, 0) is 19.8 Å². The van der Waals surface area contributed by atoms with Crippen molar-refractivity contribution in [3.05, 3.63) is 6.92 Å². The summed E-state index contributed by atoms with van der Waals surface area (Å²) in [6.45, 7) is 7.52. The van der Waals surface area contributed by atoms with Gasteiger partial charge in [-0.25, -0.2) is 0 Å². The molecule has 2 heteroatoms. The van der Waals surface area contributed by atoms with Gasteiger partial charge in [0.2, 0.25) is 0 Å². The van der Waals surface area contributed by atoms with Crippen molar-refractivity contribution in [2.45, 2.75) is 97.0 Å². The highest BCUT2D eigenvalue weighted by Gasteiger charge is 2.04. The van der Waals surface area contributed by atoms with Crippen LogP contribution in [0.4, 0.5) is 0 Å². The van der Waals surface area contributed by atoms with Gasteiger partial charge in [0.1, 0.15) is 6.10 Å². The minimum Gasteiger partial charge on any atom is -0.463 e. The van der Waals surface area contributed by atoms with Crippen molar-refractivity contribution in [1.82, 2.24) is 0 Å². The topological polar surface area (TPSA) is 26.3 Å². The zero-order valence-corrected chi connectivity index (χ0v) is 13.1. The minimum atomic E-state index is -0.219. The van der Waals surface area contributed by atoms with Crippen LogP contribution in [-0.4, -0.2) is 12.1 Å². The molecule has 2 nitrogen and oxygen atoms in total. The third-order valence-electron chi connectivity index (χ3n) is 3.46. The summed E-state index contributed by atoms with van der Waals surface area (Å²) in [4.78, 5) is 10.7. The Balaban J connectivity index is 3.08. The lowest BCUT2D eigenvalue weighted by molar-refractivity contribution is -0.144. The first-order chi connectivity index (χ1) is 9.16. The summed E-state index contributed by atoms with van der Waals surface area (Å²) in [5.41, 5.74) is 0. The van der Waals surface area contributed by atoms with Crippen molar-refractivity contribution in [3.8, 4) is 0 Å². The Kier molecular flexibility index (Phi) is 13.5. The average molecular weight is 269 g/mol. The van der Waals surface area contributed by atoms with Gasteiger partial charge in [0, 0.05) is 6.92 Å². The number of hydrogen-bond donors (Lipinski definition) is 0. The first kappa shape index (κ1) is 18.5. The van der Waals surface area contributed by atoms with Crippen molar-refractivity contribution in [2.75, 3.05) is 0 Å². The second-order valence-electron chi connectivity index (χ2n) is 5.56. The van der Waals surface area contributed by atoms with Gasteiger partial charge < -0.3 is 4.74 Å². The normalized spacial score (nSPS) is 12.4. The molecule has 0 aromatic rings. The molecular formula is C17H33O2. The molecule has 0 aliphatic heterocycles. The SMILES string of the molecule is [CH2]C(CCCCCCCCCCCCC)OC(C)=O. The molecule has 113 valence electrons. The van der Waals surface area contributed by atoms with E-state index in [9.17, 15) is 4.79 Å². The summed E-state index contributed by atoms with van der Waals surface area (Å²) in [6, 6.07) is 0. The van der Waals surface area contributed by atoms with E-state index in [0.29, 0.717) is 0 Å². The van der Waals surface area contributed by atoms with E-state index in [4.69, 9.17) is 4.74 Å². The molecule has 0 rings (SSSR count). The van der Waals surface area contributed by atoms with Crippen LogP contribution in [-0.2, 0) is 9.53 Å². The van der Waals surface area contributed by atoms with Gasteiger partial charge in [0.05, 0.1) is 0 Å². The van der Waals surface area contributed by atoms with Crippen LogP contribution in [0, 0.1) is 6.92 Å². The van der Waals surface area contributed by atoms with E-state index in [1.54, 1.807) is 0 Å². The Morgan fingerprint density at radius 3 is 1.74 bits per heavy atom. The monoisotopic (exact) mass is 269 g/mol. The molecule has 1 atom stereocenters. The number of unbranched alkanes of at least 4 members (excludes halogenated alkanes) is 10. The predicted octanol–water partition coefficient (Wildman–Crippen LogP) is 5.45. The third-order valence-corrected chi connectivity index (χ3v) is 3.46. The molecule has 19 heavy (non-hydrogen) atoms. The van der Waals surface area contributed by atoms with Gasteiger partial charge >= 0.3 is 5.97 Å². The summed E-state index contributed by atoms with van der Waals surface area (Å²) >= 11 is 0. The van der Waals surface area contributed by atoms with Gasteiger partial charge in [0.15, 0.2) is 0 Å². The maximum atomic E-state index is 10.7. The first-order valence-corrected chi connectivity index (χ1v) is 8.17. The van der Waals surface area contributed by atoms with Crippen molar-refractivity contribution in [1.29, 1.82) is 0 Å². The maximum Gasteiger partial charge on any atom is 0.302 e. The van der Waals surface area contributed by atoms with Crippen molar-refractivity contribution < 1.29 is 9.53 Å². The van der Waals surface area contributed by atoms with Crippen LogP contribution in [0.3, 0.4) is 0 Å². The molecule has 0 aromatic carbocycles. The molecule has 0 spiro atoms. The molecule has 0 bridgehead atoms. The molecule has 1 unspecified atom stereocenters. The predicted molar refractivity (Wildman–Crippen MR) is 82.0 cm³/mol. The Morgan fingerprint density at radius 2 is 1.32 bits per heavy atom. The Hall–Kier alpha value is -0.530. The number of esters is 1. The Labute approximate surface area is 120 Å². The first-order valence-electron chi connectivity index (χ1n) is 8.17. The van der Waals surface area contributed by atoms with E-state index < -0.39 is 0 Å². The molecule has 0 aromatic heterocycles. The van der Waals surface area contributed by atoms with Crippen LogP contribution in [0.25, 0.3) is 0 Å². The average Bonchev–Trinajstić information content (AvgIpc) is 2.35. The van der Waals surface area contributed by atoms with Crippen LogP contribution in [0.15, 0.2) is 0 Å². The quantitative estimate of drug-likeness (QED) is 0.328. The standard InChI is InChI=1S/C17H33O2/c1-4-5-6-7-8-9-10-11-12-13-14-15-16(2)19-17(3)18/h16H,2,4-15H2,1,3H3. The fourth-order valence-corrected chi connectivity index (χ4v) is 2.33. The van der Waals surface area contributed by atoms with E-state index in [1.807, 2.05) is 0 Å². The second-order valence-corrected chi connectivity index (χ2v) is 5.56. The van der Waals surface area contributed by atoms with Crippen LogP contribution < -0.4 is 0 Å². The molecule has 0 amide bonds. The number of carbonyl (C=O) groups excluding carboxylic acids is 1.